The van der Waals surface area contributed by atoms with Gasteiger partial charge in [-0.1, -0.05) is 93.4 Å². The van der Waals surface area contributed by atoms with Crippen molar-refractivity contribution in [3.8, 4) is 11.3 Å². The Morgan fingerprint density at radius 2 is 1.52 bits per heavy atom. The number of pyridine rings is 1. The molecule has 0 amide bonds. The van der Waals surface area contributed by atoms with Crippen molar-refractivity contribution in [3.05, 3.63) is 75.8 Å². The third kappa shape index (κ3) is 8.15. The Labute approximate surface area is 337 Å². The summed E-state index contributed by atoms with van der Waals surface area (Å²) in [5.41, 5.74) is 4.53. The minimum Gasteiger partial charge on any atom is -0.512 e. The number of nitrogens with zero attached hydrogens (tertiary/aromatic N) is 1. The minimum atomic E-state index is -0.337. The van der Waals surface area contributed by atoms with E-state index in [9.17, 15) is 9.90 Å². The van der Waals surface area contributed by atoms with Gasteiger partial charge in [-0.3, -0.25) is 9.78 Å². The van der Waals surface area contributed by atoms with Gasteiger partial charge in [-0.25, -0.2) is 0 Å². The number of aliphatic hydroxyl groups excluding tert-OH is 1. The SMILES string of the molecule is CCC(C)(CC)C(=O)/C=C(\O)C(C)(CC)CC.Cc1sc2ccc3c4ccnc(-c5[c-]c6ccsc6c(C(C)(C)C)c5)c4sc3c2c1CC(C)C.[Ir]. The molecule has 0 spiro atoms. The van der Waals surface area contributed by atoms with E-state index in [1.54, 1.807) is 0 Å². The molecule has 0 unspecified atom stereocenters. The van der Waals surface area contributed by atoms with E-state index in [4.69, 9.17) is 4.98 Å². The average Bonchev–Trinajstić information content (AvgIpc) is 3.81. The van der Waals surface area contributed by atoms with Gasteiger partial charge in [0.25, 0.3) is 0 Å². The second-order valence-corrected chi connectivity index (χ2v) is 19.3. The molecule has 0 fully saturated rings. The molecule has 7 heteroatoms. The summed E-state index contributed by atoms with van der Waals surface area (Å²) in [6, 6.07) is 15.1. The molecule has 0 atom stereocenters. The standard InChI is InChI=1S/C30H28NS3.C15H28O2.Ir/c1-16(2)13-22-17(3)33-24-8-7-20-21-9-11-31-26(29(21)34-28(20)25(22)24)19-14-18-10-12-32-27(18)23(15-19)30(4,5)6;1-7-14(5,8-2)12(16)11-13(17)15(6,9-3)10-4;/h7-12,15-16H,13H2,1-6H3;11,16H,7-10H2,1-6H3;/q-1;;/b;12-11-;. The molecule has 52 heavy (non-hydrogen) atoms. The molecule has 0 aliphatic carbocycles. The van der Waals surface area contributed by atoms with Crippen molar-refractivity contribution in [2.45, 2.75) is 121 Å². The molecule has 4 aromatic heterocycles. The number of carbonyl (C=O) groups is 1. The number of aliphatic hydroxyl groups is 1. The molecule has 0 aliphatic heterocycles. The summed E-state index contributed by atoms with van der Waals surface area (Å²) in [6.07, 6.45) is 7.86. The molecule has 0 saturated heterocycles. The second-order valence-electron chi connectivity index (χ2n) is 16.1. The molecular weight excluding hydrogens is 875 g/mol. The van der Waals surface area contributed by atoms with Gasteiger partial charge in [0, 0.05) is 78.7 Å². The van der Waals surface area contributed by atoms with Crippen molar-refractivity contribution in [2.75, 3.05) is 0 Å². The molecule has 6 aromatic rings. The predicted molar refractivity (Wildman–Crippen MR) is 227 cm³/mol. The van der Waals surface area contributed by atoms with Crippen LogP contribution in [0, 0.1) is 29.7 Å². The topological polar surface area (TPSA) is 50.2 Å². The van der Waals surface area contributed by atoms with Crippen LogP contribution in [-0.4, -0.2) is 15.9 Å². The molecule has 3 nitrogen and oxygen atoms in total. The zero-order chi connectivity index (χ0) is 37.5. The predicted octanol–water partition coefficient (Wildman–Crippen LogP) is 14.8. The molecule has 0 bridgehead atoms. The summed E-state index contributed by atoms with van der Waals surface area (Å²) >= 11 is 5.67. The summed E-state index contributed by atoms with van der Waals surface area (Å²) in [5, 5.41) is 17.6. The summed E-state index contributed by atoms with van der Waals surface area (Å²) in [6.45, 7) is 25.9. The van der Waals surface area contributed by atoms with E-state index in [-0.39, 0.29) is 47.9 Å². The first-order chi connectivity index (χ1) is 24.0. The Bertz CT molecular complexity index is 2220. The van der Waals surface area contributed by atoms with Gasteiger partial charge in [0.1, 0.15) is 5.76 Å². The van der Waals surface area contributed by atoms with Gasteiger partial charge in [0.15, 0.2) is 5.78 Å². The number of ketones is 1. The minimum absolute atomic E-state index is 0. The van der Waals surface area contributed by atoms with E-state index in [0.29, 0.717) is 5.92 Å². The first-order valence-electron chi connectivity index (χ1n) is 18.6. The third-order valence-corrected chi connectivity index (χ3v) is 14.6. The molecule has 2 aromatic carbocycles. The molecule has 281 valence electrons. The number of allylic oxidation sites excluding steroid dienone is 2. The second kappa shape index (κ2) is 16.5. The Kier molecular flexibility index (Phi) is 13.5. The first kappa shape index (κ1) is 42.3. The number of hydrogen-bond donors (Lipinski definition) is 1. The van der Waals surface area contributed by atoms with Crippen molar-refractivity contribution in [3.63, 3.8) is 0 Å². The van der Waals surface area contributed by atoms with Gasteiger partial charge in [-0.05, 0) is 83.5 Å². The van der Waals surface area contributed by atoms with Crippen LogP contribution in [0.1, 0.15) is 118 Å². The van der Waals surface area contributed by atoms with Crippen molar-refractivity contribution in [2.24, 2.45) is 16.7 Å². The van der Waals surface area contributed by atoms with Gasteiger partial charge >= 0.3 is 0 Å². The van der Waals surface area contributed by atoms with E-state index in [1.165, 1.54) is 62.4 Å². The summed E-state index contributed by atoms with van der Waals surface area (Å²) in [4.78, 5) is 18.6. The van der Waals surface area contributed by atoms with Crippen molar-refractivity contribution < 1.29 is 30.0 Å². The fourth-order valence-corrected chi connectivity index (χ4v) is 10.4. The van der Waals surface area contributed by atoms with Crippen LogP contribution in [0.2, 0.25) is 0 Å². The van der Waals surface area contributed by atoms with Crippen LogP contribution in [0.25, 0.3) is 51.6 Å². The van der Waals surface area contributed by atoms with Gasteiger partial charge in [-0.2, -0.15) is 11.3 Å². The summed E-state index contributed by atoms with van der Waals surface area (Å²) in [7, 11) is 0. The van der Waals surface area contributed by atoms with E-state index in [1.807, 2.05) is 81.7 Å². The van der Waals surface area contributed by atoms with Crippen molar-refractivity contribution in [1.82, 2.24) is 4.98 Å². The maximum Gasteiger partial charge on any atom is 0.164 e. The van der Waals surface area contributed by atoms with Crippen LogP contribution in [0.15, 0.2) is 53.7 Å². The third-order valence-electron chi connectivity index (χ3n) is 11.3. The first-order valence-corrected chi connectivity index (χ1v) is 21.1. The zero-order valence-electron chi connectivity index (χ0n) is 33.1. The van der Waals surface area contributed by atoms with E-state index in [0.717, 1.165) is 43.4 Å². The van der Waals surface area contributed by atoms with Crippen LogP contribution in [0.3, 0.4) is 0 Å². The number of rotatable bonds is 10. The molecule has 0 saturated carbocycles. The van der Waals surface area contributed by atoms with Crippen LogP contribution >= 0.6 is 34.0 Å². The summed E-state index contributed by atoms with van der Waals surface area (Å²) < 4.78 is 5.43. The maximum absolute atomic E-state index is 12.2. The number of fused-ring (bicyclic) bond motifs is 6. The average molecular weight is 931 g/mol. The van der Waals surface area contributed by atoms with Crippen molar-refractivity contribution in [1.29, 1.82) is 0 Å². The largest absolute Gasteiger partial charge is 0.512 e. The quantitative estimate of drug-likeness (QED) is 0.0846. The Morgan fingerprint density at radius 1 is 0.885 bits per heavy atom. The van der Waals surface area contributed by atoms with Gasteiger partial charge in [-0.15, -0.1) is 46.3 Å². The smallest absolute Gasteiger partial charge is 0.164 e. The maximum atomic E-state index is 12.2. The van der Waals surface area contributed by atoms with E-state index >= 15 is 0 Å². The van der Waals surface area contributed by atoms with Crippen LogP contribution < -0.4 is 0 Å². The van der Waals surface area contributed by atoms with Crippen LogP contribution in [0.4, 0.5) is 0 Å². The zero-order valence-corrected chi connectivity index (χ0v) is 37.9. The number of carbonyl (C=O) groups excluding carboxylic acids is 1. The Hall–Kier alpha value is -2.41. The monoisotopic (exact) mass is 931 g/mol. The Morgan fingerprint density at radius 3 is 2.12 bits per heavy atom. The van der Waals surface area contributed by atoms with Crippen LogP contribution in [-0.2, 0) is 36.7 Å². The number of hydrogen-bond acceptors (Lipinski definition) is 6. The number of aryl methyl sites for hydroxylation is 1. The molecule has 0 aliphatic rings. The van der Waals surface area contributed by atoms with Crippen molar-refractivity contribution >= 4 is 80.1 Å². The van der Waals surface area contributed by atoms with E-state index in [2.05, 4.69) is 83.3 Å². The molecule has 1 N–H and O–H groups in total. The van der Waals surface area contributed by atoms with Gasteiger partial charge in [0.05, 0.1) is 0 Å². The fourth-order valence-electron chi connectivity index (χ4n) is 6.74. The van der Waals surface area contributed by atoms with Gasteiger partial charge in [0.2, 0.25) is 0 Å². The van der Waals surface area contributed by atoms with Crippen LogP contribution in [0.5, 0.6) is 0 Å². The summed E-state index contributed by atoms with van der Waals surface area (Å²) in [5.74, 6) is 0.926. The van der Waals surface area contributed by atoms with Gasteiger partial charge < -0.3 is 5.11 Å². The Balaban J connectivity index is 0.000000289. The molecule has 4 heterocycles. The molecule has 6 rings (SSSR count). The molecular formula is C45H56IrNO2S3-. The fraction of sp³-hybridized carbons (Fsp3) is 0.467. The van der Waals surface area contributed by atoms with E-state index < -0.39 is 0 Å². The number of thiophene rings is 3. The normalized spacial score (nSPS) is 12.9. The molecule has 1 radical (unpaired) electrons. The number of benzene rings is 2. The number of aromatic nitrogens is 1.